The molecule has 0 unspecified atom stereocenters. The summed E-state index contributed by atoms with van der Waals surface area (Å²) in [6.07, 6.45) is 0. The minimum absolute atomic E-state index is 0.698. The number of hydrogen-bond acceptors (Lipinski definition) is 4. The maximum Gasteiger partial charge on any atom is 0.160 e. The summed E-state index contributed by atoms with van der Waals surface area (Å²) < 4.78 is 8.97. The van der Waals surface area contributed by atoms with Crippen LogP contribution in [0.15, 0.2) is 206 Å². The van der Waals surface area contributed by atoms with E-state index in [0.717, 1.165) is 84.1 Å². The van der Waals surface area contributed by atoms with E-state index in [4.69, 9.17) is 14.7 Å². The Kier molecular flexibility index (Phi) is 7.47. The van der Waals surface area contributed by atoms with Gasteiger partial charge < -0.3 is 14.2 Å². The summed E-state index contributed by atoms with van der Waals surface area (Å²) in [6, 6.07) is 72.6. The van der Waals surface area contributed by atoms with Gasteiger partial charge in [-0.25, -0.2) is 9.97 Å². The van der Waals surface area contributed by atoms with E-state index >= 15 is 0 Å². The highest BCUT2D eigenvalue weighted by atomic mass is 16.5. The fraction of sp³-hybridized carbons (Fsp3) is 0. The first-order valence-electron chi connectivity index (χ1n) is 19.9. The average Bonchev–Trinajstić information content (AvgIpc) is 3.66. The first kappa shape index (κ1) is 33.2. The maximum absolute atomic E-state index is 6.54. The van der Waals surface area contributed by atoms with Crippen LogP contribution in [0.5, 0.6) is 11.5 Å². The van der Waals surface area contributed by atoms with E-state index in [1.54, 1.807) is 0 Å². The molecule has 0 N–H and O–H groups in total. The lowest BCUT2D eigenvalue weighted by Crippen LogP contribution is -2.15. The molecule has 0 fully saturated rings. The lowest BCUT2D eigenvalue weighted by Gasteiger charge is -2.33. The number of hydrogen-bond donors (Lipinski definition) is 0. The van der Waals surface area contributed by atoms with Gasteiger partial charge in [-0.3, -0.25) is 0 Å². The van der Waals surface area contributed by atoms with Crippen molar-refractivity contribution in [2.24, 2.45) is 0 Å². The molecule has 12 rings (SSSR count). The molecule has 0 saturated heterocycles. The smallest absolute Gasteiger partial charge is 0.160 e. The highest BCUT2D eigenvalue weighted by Crippen LogP contribution is 2.52. The minimum Gasteiger partial charge on any atom is -0.453 e. The van der Waals surface area contributed by atoms with Crippen molar-refractivity contribution in [3.63, 3.8) is 0 Å². The second kappa shape index (κ2) is 13.3. The van der Waals surface area contributed by atoms with Gasteiger partial charge >= 0.3 is 0 Å². The van der Waals surface area contributed by atoms with Gasteiger partial charge in [0.1, 0.15) is 0 Å². The van der Waals surface area contributed by atoms with Crippen molar-refractivity contribution in [2.45, 2.75) is 0 Å². The molecule has 0 atom stereocenters. The van der Waals surface area contributed by atoms with E-state index in [1.165, 1.54) is 21.5 Å². The first-order chi connectivity index (χ1) is 29.3. The van der Waals surface area contributed by atoms with E-state index in [1.807, 2.05) is 30.3 Å². The topological polar surface area (TPSA) is 43.2 Å². The summed E-state index contributed by atoms with van der Waals surface area (Å²) in [4.78, 5) is 12.5. The van der Waals surface area contributed by atoms with Crippen LogP contribution < -0.4 is 9.64 Å². The number of nitrogens with zero attached hydrogens (tertiary/aromatic N) is 4. The van der Waals surface area contributed by atoms with Gasteiger partial charge in [0.15, 0.2) is 17.3 Å². The van der Waals surface area contributed by atoms with Crippen molar-refractivity contribution in [2.75, 3.05) is 4.90 Å². The Morgan fingerprint density at radius 1 is 0.424 bits per heavy atom. The number of anilines is 3. The van der Waals surface area contributed by atoms with E-state index in [9.17, 15) is 0 Å². The fourth-order valence-electron chi connectivity index (χ4n) is 8.90. The number of rotatable bonds is 5. The van der Waals surface area contributed by atoms with Crippen molar-refractivity contribution in [1.29, 1.82) is 0 Å². The molecule has 1 aliphatic heterocycles. The monoisotopic (exact) mass is 754 g/mol. The molecule has 1 aliphatic rings. The molecular weight excluding hydrogens is 721 g/mol. The third-order valence-corrected chi connectivity index (χ3v) is 11.6. The highest BCUT2D eigenvalue weighted by molar-refractivity contribution is 6.23. The molecule has 5 heteroatoms. The first-order valence-corrected chi connectivity index (χ1v) is 19.9. The summed E-state index contributed by atoms with van der Waals surface area (Å²) in [5.74, 6) is 2.35. The number of para-hydroxylation sites is 5. The molecule has 0 radical (unpaired) electrons. The zero-order valence-electron chi connectivity index (χ0n) is 31.8. The van der Waals surface area contributed by atoms with Crippen molar-refractivity contribution in [3.8, 4) is 51.0 Å². The van der Waals surface area contributed by atoms with Crippen LogP contribution in [0, 0.1) is 0 Å². The molecule has 9 aromatic carbocycles. The highest BCUT2D eigenvalue weighted by Gasteiger charge is 2.27. The van der Waals surface area contributed by atoms with Crippen LogP contribution in [0.2, 0.25) is 0 Å². The van der Waals surface area contributed by atoms with Gasteiger partial charge in [-0.15, -0.1) is 0 Å². The Labute approximate surface area is 340 Å². The second-order valence-electron chi connectivity index (χ2n) is 15.0. The molecule has 59 heavy (non-hydrogen) atoms. The Hall–Kier alpha value is -8.02. The van der Waals surface area contributed by atoms with E-state index < -0.39 is 0 Å². The second-order valence-corrected chi connectivity index (χ2v) is 15.0. The summed E-state index contributed by atoms with van der Waals surface area (Å²) in [5, 5.41) is 5.91. The van der Waals surface area contributed by atoms with Crippen LogP contribution >= 0.6 is 0 Å². The Morgan fingerprint density at radius 2 is 1.12 bits per heavy atom. The van der Waals surface area contributed by atoms with Gasteiger partial charge in [0.2, 0.25) is 0 Å². The standard InChI is InChI=1S/C54H34N4O/c1-3-15-36(16-4-1)52-43-20-9-10-23-45(43)55-54(56-52)37-26-30-40(31-27-37)58-47-32-28-35-14-7-8-19-41(35)51(47)44-22-13-21-42(53(44)58)38-29-33-50-48(34-38)57(39-17-5-2-6-18-39)46-24-11-12-25-49(46)59-50/h1-34H. The molecule has 2 aromatic heterocycles. The van der Waals surface area contributed by atoms with Crippen LogP contribution in [0.25, 0.3) is 82.9 Å². The molecule has 3 heterocycles. The predicted molar refractivity (Wildman–Crippen MR) is 242 cm³/mol. The molecular formula is C54H34N4O. The average molecular weight is 755 g/mol. The quantitative estimate of drug-likeness (QED) is 0.175. The number of benzene rings is 9. The van der Waals surface area contributed by atoms with E-state index in [0.29, 0.717) is 5.82 Å². The third-order valence-electron chi connectivity index (χ3n) is 11.6. The molecule has 0 aliphatic carbocycles. The number of fused-ring (bicyclic) bond motifs is 8. The molecule has 11 aromatic rings. The van der Waals surface area contributed by atoms with Crippen molar-refractivity contribution < 1.29 is 4.74 Å². The molecule has 276 valence electrons. The Bertz CT molecular complexity index is 3410. The van der Waals surface area contributed by atoms with E-state index in [-0.39, 0.29) is 0 Å². The van der Waals surface area contributed by atoms with Crippen LogP contribution in [0.3, 0.4) is 0 Å². The summed E-state index contributed by atoms with van der Waals surface area (Å²) in [7, 11) is 0. The lowest BCUT2D eigenvalue weighted by atomic mass is 9.98. The summed E-state index contributed by atoms with van der Waals surface area (Å²) >= 11 is 0. The molecule has 0 saturated carbocycles. The van der Waals surface area contributed by atoms with Gasteiger partial charge in [-0.2, -0.15) is 0 Å². The van der Waals surface area contributed by atoms with Crippen molar-refractivity contribution >= 4 is 60.5 Å². The molecule has 5 nitrogen and oxygen atoms in total. The lowest BCUT2D eigenvalue weighted by molar-refractivity contribution is 0.477. The Morgan fingerprint density at radius 3 is 1.98 bits per heavy atom. The zero-order valence-corrected chi connectivity index (χ0v) is 31.8. The maximum atomic E-state index is 6.54. The van der Waals surface area contributed by atoms with Gasteiger partial charge in [0.05, 0.1) is 33.6 Å². The largest absolute Gasteiger partial charge is 0.453 e. The van der Waals surface area contributed by atoms with Gasteiger partial charge in [0.25, 0.3) is 0 Å². The van der Waals surface area contributed by atoms with Crippen molar-refractivity contribution in [1.82, 2.24) is 14.5 Å². The normalized spacial score (nSPS) is 12.2. The SMILES string of the molecule is c1ccc(-c2nc(-c3ccc(-n4c5ccc6ccccc6c5c5cccc(-c6ccc7c(c6)N(c6ccccc6)c6ccccc6O7)c54)cc3)nc3ccccc23)cc1. The van der Waals surface area contributed by atoms with Gasteiger partial charge in [0, 0.05) is 44.2 Å². The predicted octanol–water partition coefficient (Wildman–Crippen LogP) is 14.5. The van der Waals surface area contributed by atoms with Gasteiger partial charge in [-0.05, 0) is 89.1 Å². The minimum atomic E-state index is 0.698. The summed E-state index contributed by atoms with van der Waals surface area (Å²) in [6.45, 7) is 0. The van der Waals surface area contributed by atoms with Crippen LogP contribution in [-0.2, 0) is 0 Å². The van der Waals surface area contributed by atoms with Crippen molar-refractivity contribution in [3.05, 3.63) is 206 Å². The molecule has 0 bridgehead atoms. The third kappa shape index (κ3) is 5.33. The zero-order chi connectivity index (χ0) is 38.9. The number of aromatic nitrogens is 3. The van der Waals surface area contributed by atoms with E-state index in [2.05, 4.69) is 185 Å². The fourth-order valence-corrected chi connectivity index (χ4v) is 8.90. The molecule has 0 spiro atoms. The Balaban J connectivity index is 1.06. The summed E-state index contributed by atoms with van der Waals surface area (Å²) in [5.41, 5.74) is 12.5. The van der Waals surface area contributed by atoms with Crippen LogP contribution in [0.4, 0.5) is 17.1 Å². The molecule has 0 amide bonds. The van der Waals surface area contributed by atoms with Crippen LogP contribution in [-0.4, -0.2) is 14.5 Å². The van der Waals surface area contributed by atoms with Crippen LogP contribution in [0.1, 0.15) is 0 Å². The number of ether oxygens (including phenoxy) is 1. The van der Waals surface area contributed by atoms with Gasteiger partial charge in [-0.1, -0.05) is 133 Å².